The summed E-state index contributed by atoms with van der Waals surface area (Å²) in [4.78, 5) is 8.55. The van der Waals surface area contributed by atoms with Crippen molar-refractivity contribution in [2.45, 2.75) is 13.3 Å². The van der Waals surface area contributed by atoms with Gasteiger partial charge in [0.2, 0.25) is 5.95 Å². The lowest BCUT2D eigenvalue weighted by molar-refractivity contribution is 0.415. The van der Waals surface area contributed by atoms with Gasteiger partial charge in [0.15, 0.2) is 0 Å². The summed E-state index contributed by atoms with van der Waals surface area (Å²) in [5.74, 6) is 2.19. The monoisotopic (exact) mass is 258 g/mol. The van der Waals surface area contributed by atoms with Crippen LogP contribution in [0.1, 0.15) is 13.3 Å². The Labute approximate surface area is 113 Å². The molecule has 19 heavy (non-hydrogen) atoms. The van der Waals surface area contributed by atoms with E-state index in [0.29, 0.717) is 5.95 Å². The van der Waals surface area contributed by atoms with Crippen LogP contribution in [-0.4, -0.2) is 23.6 Å². The highest BCUT2D eigenvalue weighted by Gasteiger charge is 2.00. The normalized spacial score (nSPS) is 10.0. The zero-order chi connectivity index (χ0) is 13.5. The van der Waals surface area contributed by atoms with Crippen LogP contribution in [0.4, 0.5) is 17.5 Å². The molecule has 0 fully saturated rings. The zero-order valence-electron chi connectivity index (χ0n) is 11.2. The first-order valence-electron chi connectivity index (χ1n) is 6.30. The molecule has 5 heteroatoms. The smallest absolute Gasteiger partial charge is 0.224 e. The van der Waals surface area contributed by atoms with Crippen LogP contribution in [0.3, 0.4) is 0 Å². The molecule has 1 aromatic heterocycles. The second kappa shape index (κ2) is 6.58. The van der Waals surface area contributed by atoms with Gasteiger partial charge in [-0.3, -0.25) is 0 Å². The largest absolute Gasteiger partial charge is 0.497 e. The van der Waals surface area contributed by atoms with E-state index >= 15 is 0 Å². The van der Waals surface area contributed by atoms with Crippen molar-refractivity contribution in [2.24, 2.45) is 0 Å². The van der Waals surface area contributed by atoms with Gasteiger partial charge in [-0.25, -0.2) is 4.98 Å². The Morgan fingerprint density at radius 2 is 2.16 bits per heavy atom. The Balaban J connectivity index is 2.09. The topological polar surface area (TPSA) is 59.1 Å². The molecule has 100 valence electrons. The van der Waals surface area contributed by atoms with Gasteiger partial charge in [-0.1, -0.05) is 13.0 Å². The molecule has 0 saturated heterocycles. The van der Waals surface area contributed by atoms with E-state index in [4.69, 9.17) is 4.74 Å². The third-order valence-corrected chi connectivity index (χ3v) is 2.53. The minimum Gasteiger partial charge on any atom is -0.497 e. The van der Waals surface area contributed by atoms with E-state index in [1.165, 1.54) is 0 Å². The molecular weight excluding hydrogens is 240 g/mol. The summed E-state index contributed by atoms with van der Waals surface area (Å²) in [7, 11) is 1.65. The fourth-order valence-corrected chi connectivity index (χ4v) is 1.60. The first-order chi connectivity index (χ1) is 9.31. The summed E-state index contributed by atoms with van der Waals surface area (Å²) in [6.45, 7) is 2.97. The Kier molecular flexibility index (Phi) is 4.55. The maximum atomic E-state index is 5.18. The first-order valence-corrected chi connectivity index (χ1v) is 6.30. The summed E-state index contributed by atoms with van der Waals surface area (Å²) in [6, 6.07) is 9.54. The standard InChI is InChI=1S/C14H18N4O/c1-3-8-15-14-16-9-7-13(18-14)17-11-5-4-6-12(10-11)19-2/h4-7,9-10H,3,8H2,1-2H3,(H2,15,16,17,18). The van der Waals surface area contributed by atoms with Gasteiger partial charge in [0, 0.05) is 24.5 Å². The fourth-order valence-electron chi connectivity index (χ4n) is 1.60. The second-order valence-electron chi connectivity index (χ2n) is 4.05. The lowest BCUT2D eigenvalue weighted by Gasteiger charge is -2.08. The van der Waals surface area contributed by atoms with E-state index in [9.17, 15) is 0 Å². The van der Waals surface area contributed by atoms with Gasteiger partial charge >= 0.3 is 0 Å². The molecule has 1 heterocycles. The van der Waals surface area contributed by atoms with Gasteiger partial charge in [-0.05, 0) is 24.6 Å². The Hall–Kier alpha value is -2.30. The number of hydrogen-bond acceptors (Lipinski definition) is 5. The van der Waals surface area contributed by atoms with Crippen molar-refractivity contribution in [3.05, 3.63) is 36.5 Å². The van der Waals surface area contributed by atoms with Gasteiger partial charge in [0.05, 0.1) is 7.11 Å². The summed E-state index contributed by atoms with van der Waals surface area (Å²) in [6.07, 6.45) is 2.77. The molecule has 2 N–H and O–H groups in total. The lowest BCUT2D eigenvalue weighted by atomic mass is 10.3. The SMILES string of the molecule is CCCNc1nccc(Nc2cccc(OC)c2)n1. The van der Waals surface area contributed by atoms with E-state index in [0.717, 1.165) is 30.2 Å². The summed E-state index contributed by atoms with van der Waals surface area (Å²) >= 11 is 0. The molecule has 5 nitrogen and oxygen atoms in total. The van der Waals surface area contributed by atoms with Crippen LogP contribution < -0.4 is 15.4 Å². The van der Waals surface area contributed by atoms with Crippen molar-refractivity contribution < 1.29 is 4.74 Å². The number of methoxy groups -OCH3 is 1. The maximum absolute atomic E-state index is 5.18. The average Bonchev–Trinajstić information content (AvgIpc) is 2.46. The number of nitrogens with one attached hydrogen (secondary N) is 2. The Bertz CT molecular complexity index is 530. The van der Waals surface area contributed by atoms with Gasteiger partial charge < -0.3 is 15.4 Å². The van der Waals surface area contributed by atoms with Crippen LogP contribution in [0, 0.1) is 0 Å². The van der Waals surface area contributed by atoms with E-state index in [2.05, 4.69) is 27.5 Å². The van der Waals surface area contributed by atoms with Crippen molar-refractivity contribution in [3.63, 3.8) is 0 Å². The molecule has 2 rings (SSSR count). The predicted molar refractivity (Wildman–Crippen MR) is 77.1 cm³/mol. The number of ether oxygens (including phenoxy) is 1. The average molecular weight is 258 g/mol. The molecule has 1 aromatic carbocycles. The number of aromatic nitrogens is 2. The van der Waals surface area contributed by atoms with Crippen molar-refractivity contribution in [2.75, 3.05) is 24.3 Å². The number of benzene rings is 1. The highest BCUT2D eigenvalue weighted by Crippen LogP contribution is 2.20. The van der Waals surface area contributed by atoms with Crippen molar-refractivity contribution in [1.29, 1.82) is 0 Å². The van der Waals surface area contributed by atoms with Crippen molar-refractivity contribution in [1.82, 2.24) is 9.97 Å². The molecular formula is C14H18N4O. The van der Waals surface area contributed by atoms with Crippen molar-refractivity contribution >= 4 is 17.5 Å². The highest BCUT2D eigenvalue weighted by molar-refractivity contribution is 5.58. The van der Waals surface area contributed by atoms with Crippen LogP contribution in [0.15, 0.2) is 36.5 Å². The molecule has 0 spiro atoms. The van der Waals surface area contributed by atoms with E-state index in [1.807, 2.05) is 30.3 Å². The van der Waals surface area contributed by atoms with E-state index in [-0.39, 0.29) is 0 Å². The maximum Gasteiger partial charge on any atom is 0.224 e. The second-order valence-corrected chi connectivity index (χ2v) is 4.05. The number of rotatable bonds is 6. The van der Waals surface area contributed by atoms with Gasteiger partial charge in [-0.2, -0.15) is 4.98 Å². The molecule has 0 atom stereocenters. The molecule has 0 radical (unpaired) electrons. The van der Waals surface area contributed by atoms with E-state index in [1.54, 1.807) is 13.3 Å². The first kappa shape index (κ1) is 13.1. The number of nitrogens with zero attached hydrogens (tertiary/aromatic N) is 2. The van der Waals surface area contributed by atoms with Crippen LogP contribution >= 0.6 is 0 Å². The molecule has 0 amide bonds. The Morgan fingerprint density at radius 3 is 2.95 bits per heavy atom. The molecule has 0 aliphatic heterocycles. The summed E-state index contributed by atoms with van der Waals surface area (Å²) in [5, 5.41) is 6.38. The van der Waals surface area contributed by atoms with Crippen LogP contribution in [-0.2, 0) is 0 Å². The minimum atomic E-state index is 0.634. The fraction of sp³-hybridized carbons (Fsp3) is 0.286. The zero-order valence-corrected chi connectivity index (χ0v) is 11.2. The molecule has 0 aliphatic carbocycles. The predicted octanol–water partition coefficient (Wildman–Crippen LogP) is 3.05. The highest BCUT2D eigenvalue weighted by atomic mass is 16.5. The number of hydrogen-bond donors (Lipinski definition) is 2. The van der Waals surface area contributed by atoms with Crippen LogP contribution in [0.2, 0.25) is 0 Å². The summed E-state index contributed by atoms with van der Waals surface area (Å²) < 4.78 is 5.18. The third kappa shape index (κ3) is 3.84. The van der Waals surface area contributed by atoms with Gasteiger partial charge in [0.25, 0.3) is 0 Å². The quantitative estimate of drug-likeness (QED) is 0.834. The molecule has 0 aliphatic rings. The summed E-state index contributed by atoms with van der Waals surface area (Å²) in [5.41, 5.74) is 0.930. The van der Waals surface area contributed by atoms with Crippen LogP contribution in [0.5, 0.6) is 5.75 Å². The van der Waals surface area contributed by atoms with Gasteiger partial charge in [0.1, 0.15) is 11.6 Å². The third-order valence-electron chi connectivity index (χ3n) is 2.53. The van der Waals surface area contributed by atoms with E-state index < -0.39 is 0 Å². The minimum absolute atomic E-state index is 0.634. The van der Waals surface area contributed by atoms with Crippen molar-refractivity contribution in [3.8, 4) is 5.75 Å². The molecule has 0 saturated carbocycles. The molecule has 0 unspecified atom stereocenters. The van der Waals surface area contributed by atoms with Crippen LogP contribution in [0.25, 0.3) is 0 Å². The van der Waals surface area contributed by atoms with Gasteiger partial charge in [-0.15, -0.1) is 0 Å². The Morgan fingerprint density at radius 1 is 1.26 bits per heavy atom. The number of anilines is 3. The molecule has 0 bridgehead atoms. The lowest BCUT2D eigenvalue weighted by Crippen LogP contribution is -2.05. The molecule has 2 aromatic rings.